The van der Waals surface area contributed by atoms with Crippen LogP contribution in [0.15, 0.2) is 40.7 Å². The fourth-order valence-electron chi connectivity index (χ4n) is 1.07. The van der Waals surface area contributed by atoms with Crippen LogP contribution < -0.4 is 0 Å². The van der Waals surface area contributed by atoms with Crippen LogP contribution >= 0.6 is 23.5 Å². The number of thioether (sulfide) groups is 2. The van der Waals surface area contributed by atoms with Crippen LogP contribution in [-0.2, 0) is 0 Å². The van der Waals surface area contributed by atoms with Crippen LogP contribution in [0.2, 0.25) is 0 Å². The zero-order valence-electron chi connectivity index (χ0n) is 9.46. The lowest BCUT2D eigenvalue weighted by Crippen LogP contribution is -1.97. The summed E-state index contributed by atoms with van der Waals surface area (Å²) >= 11 is 2.44. The van der Waals surface area contributed by atoms with E-state index in [9.17, 15) is 9.18 Å². The third-order valence-electron chi connectivity index (χ3n) is 1.84. The fraction of sp³-hybridized carbons (Fsp3) is 0.0833. The van der Waals surface area contributed by atoms with Gasteiger partial charge in [-0.3, -0.25) is 4.79 Å². The standard InChI is InChI=1S/C12H9FN2OS2/c1-17-12(15-8-14)18-7-6-11(16)9-4-2-3-5-10(9)13/h2-7H,1H3. The van der Waals surface area contributed by atoms with Gasteiger partial charge in [0, 0.05) is 0 Å². The summed E-state index contributed by atoms with van der Waals surface area (Å²) in [5.74, 6) is -0.967. The molecule has 0 aliphatic heterocycles. The Labute approximate surface area is 113 Å². The van der Waals surface area contributed by atoms with Crippen LogP contribution in [0.3, 0.4) is 0 Å². The fourth-order valence-corrected chi connectivity index (χ4v) is 2.15. The Morgan fingerprint density at radius 3 is 2.83 bits per heavy atom. The van der Waals surface area contributed by atoms with E-state index in [1.165, 1.54) is 41.4 Å². The molecule has 1 aromatic carbocycles. The Hall–Kier alpha value is -1.58. The number of aliphatic imine (C=N–C) groups is 1. The third-order valence-corrected chi connectivity index (χ3v) is 3.64. The van der Waals surface area contributed by atoms with Crippen molar-refractivity contribution in [3.63, 3.8) is 0 Å². The molecule has 92 valence electrons. The predicted molar refractivity (Wildman–Crippen MR) is 74.0 cm³/mol. The van der Waals surface area contributed by atoms with Gasteiger partial charge in [0.15, 0.2) is 5.78 Å². The predicted octanol–water partition coefficient (Wildman–Crippen LogP) is 3.46. The topological polar surface area (TPSA) is 53.2 Å². The van der Waals surface area contributed by atoms with Crippen molar-refractivity contribution in [2.24, 2.45) is 4.99 Å². The van der Waals surface area contributed by atoms with Crippen molar-refractivity contribution in [2.75, 3.05) is 6.26 Å². The van der Waals surface area contributed by atoms with Crippen molar-refractivity contribution in [3.8, 4) is 6.19 Å². The average molecular weight is 280 g/mol. The van der Waals surface area contributed by atoms with Crippen molar-refractivity contribution < 1.29 is 9.18 Å². The molecule has 1 rings (SSSR count). The highest BCUT2D eigenvalue weighted by Crippen LogP contribution is 2.16. The first-order valence-electron chi connectivity index (χ1n) is 4.82. The number of halogens is 1. The molecular weight excluding hydrogens is 271 g/mol. The van der Waals surface area contributed by atoms with Crippen molar-refractivity contribution in [2.45, 2.75) is 0 Å². The van der Waals surface area contributed by atoms with E-state index in [0.717, 1.165) is 11.8 Å². The number of rotatable bonds is 3. The monoisotopic (exact) mass is 280 g/mol. The number of nitriles is 1. The number of ketones is 1. The van der Waals surface area contributed by atoms with E-state index in [0.29, 0.717) is 4.38 Å². The Balaban J connectivity index is 2.69. The van der Waals surface area contributed by atoms with Crippen molar-refractivity contribution >= 4 is 33.7 Å². The lowest BCUT2D eigenvalue weighted by molar-refractivity contribution is 0.104. The molecule has 0 bridgehead atoms. The number of carbonyl (C=O) groups excluding carboxylic acids is 1. The number of allylic oxidation sites excluding steroid dienone is 1. The van der Waals surface area contributed by atoms with Gasteiger partial charge in [-0.1, -0.05) is 23.9 Å². The van der Waals surface area contributed by atoms with Gasteiger partial charge in [0.05, 0.1) is 5.56 Å². The molecule has 0 N–H and O–H groups in total. The van der Waals surface area contributed by atoms with Gasteiger partial charge in [-0.2, -0.15) is 10.3 Å². The highest BCUT2D eigenvalue weighted by Gasteiger charge is 2.07. The molecule has 0 aliphatic rings. The molecule has 3 nitrogen and oxygen atoms in total. The second-order valence-corrected chi connectivity index (χ2v) is 4.89. The summed E-state index contributed by atoms with van der Waals surface area (Å²) in [7, 11) is 0. The van der Waals surface area contributed by atoms with Gasteiger partial charge >= 0.3 is 0 Å². The Kier molecular flexibility index (Phi) is 6.19. The summed E-state index contributed by atoms with van der Waals surface area (Å²) in [6.07, 6.45) is 4.69. The van der Waals surface area contributed by atoms with Crippen LogP contribution in [0.25, 0.3) is 0 Å². The second-order valence-electron chi connectivity index (χ2n) is 2.95. The molecule has 0 spiro atoms. The van der Waals surface area contributed by atoms with Crippen molar-refractivity contribution in [3.05, 3.63) is 47.1 Å². The zero-order chi connectivity index (χ0) is 13.4. The first-order chi connectivity index (χ1) is 8.69. The SMILES string of the molecule is CSC(=NC#N)SC=CC(=O)c1ccccc1F. The molecule has 0 fully saturated rings. The quantitative estimate of drug-likeness (QED) is 0.280. The van der Waals surface area contributed by atoms with Crippen LogP contribution in [0.1, 0.15) is 10.4 Å². The Bertz CT molecular complexity index is 535. The molecule has 0 atom stereocenters. The molecule has 0 aromatic heterocycles. The largest absolute Gasteiger partial charge is 0.289 e. The van der Waals surface area contributed by atoms with Crippen LogP contribution in [-0.4, -0.2) is 16.4 Å². The number of benzene rings is 1. The molecule has 0 aliphatic carbocycles. The maximum Gasteiger partial charge on any atom is 0.207 e. The highest BCUT2D eigenvalue weighted by molar-refractivity contribution is 8.39. The Morgan fingerprint density at radius 2 is 2.22 bits per heavy atom. The van der Waals surface area contributed by atoms with Gasteiger partial charge in [-0.15, -0.1) is 11.8 Å². The molecule has 0 radical (unpaired) electrons. The summed E-state index contributed by atoms with van der Waals surface area (Å²) in [6, 6.07) is 5.78. The summed E-state index contributed by atoms with van der Waals surface area (Å²) in [5.41, 5.74) is 0.0253. The molecule has 0 amide bonds. The van der Waals surface area contributed by atoms with Gasteiger partial charge in [-0.05, 0) is 29.9 Å². The molecule has 18 heavy (non-hydrogen) atoms. The van der Waals surface area contributed by atoms with E-state index >= 15 is 0 Å². The number of carbonyl (C=O) groups is 1. The highest BCUT2D eigenvalue weighted by atomic mass is 32.2. The van der Waals surface area contributed by atoms with E-state index in [1.807, 2.05) is 0 Å². The van der Waals surface area contributed by atoms with E-state index in [2.05, 4.69) is 4.99 Å². The van der Waals surface area contributed by atoms with Gasteiger partial charge in [0.1, 0.15) is 10.2 Å². The normalized spacial score (nSPS) is 11.5. The van der Waals surface area contributed by atoms with Crippen LogP contribution in [0, 0.1) is 17.3 Å². The zero-order valence-corrected chi connectivity index (χ0v) is 11.1. The first-order valence-corrected chi connectivity index (χ1v) is 6.92. The van der Waals surface area contributed by atoms with E-state index in [4.69, 9.17) is 5.26 Å². The van der Waals surface area contributed by atoms with Gasteiger partial charge in [0.2, 0.25) is 6.19 Å². The van der Waals surface area contributed by atoms with Gasteiger partial charge in [0.25, 0.3) is 0 Å². The van der Waals surface area contributed by atoms with E-state index < -0.39 is 11.6 Å². The summed E-state index contributed by atoms with van der Waals surface area (Å²) in [5, 5.41) is 9.87. The lowest BCUT2D eigenvalue weighted by atomic mass is 10.1. The van der Waals surface area contributed by atoms with Crippen LogP contribution in [0.5, 0.6) is 0 Å². The van der Waals surface area contributed by atoms with Crippen molar-refractivity contribution in [1.82, 2.24) is 0 Å². The number of hydrogen-bond acceptors (Lipinski definition) is 5. The summed E-state index contributed by atoms with van der Waals surface area (Å²) in [4.78, 5) is 15.2. The minimum absolute atomic E-state index is 0.0253. The minimum Gasteiger partial charge on any atom is -0.289 e. The van der Waals surface area contributed by atoms with Gasteiger partial charge in [-0.25, -0.2) is 4.39 Å². The van der Waals surface area contributed by atoms with E-state index in [-0.39, 0.29) is 5.56 Å². The molecule has 0 saturated heterocycles. The molecule has 0 saturated carbocycles. The lowest BCUT2D eigenvalue weighted by Gasteiger charge is -1.97. The molecule has 0 heterocycles. The van der Waals surface area contributed by atoms with Gasteiger partial charge < -0.3 is 0 Å². The number of hydrogen-bond donors (Lipinski definition) is 0. The van der Waals surface area contributed by atoms with Crippen molar-refractivity contribution in [1.29, 1.82) is 5.26 Å². The number of nitrogens with zero attached hydrogens (tertiary/aromatic N) is 2. The third kappa shape index (κ3) is 4.35. The molecular formula is C12H9FN2OS2. The molecule has 1 aromatic rings. The summed E-state index contributed by atoms with van der Waals surface area (Å²) < 4.78 is 13.8. The maximum atomic E-state index is 13.3. The molecule has 6 heteroatoms. The smallest absolute Gasteiger partial charge is 0.207 e. The van der Waals surface area contributed by atoms with E-state index in [1.54, 1.807) is 18.5 Å². The second kappa shape index (κ2) is 7.69. The summed E-state index contributed by atoms with van der Waals surface area (Å²) in [6.45, 7) is 0. The van der Waals surface area contributed by atoms with Crippen LogP contribution in [0.4, 0.5) is 4.39 Å². The maximum absolute atomic E-state index is 13.3. The molecule has 0 unspecified atom stereocenters. The first kappa shape index (κ1) is 14.5. The average Bonchev–Trinajstić information content (AvgIpc) is 2.38. The Morgan fingerprint density at radius 1 is 1.50 bits per heavy atom. The minimum atomic E-state index is -0.548.